The van der Waals surface area contributed by atoms with Crippen molar-refractivity contribution >= 4 is 5.91 Å². The van der Waals surface area contributed by atoms with Gasteiger partial charge in [-0.15, -0.1) is 0 Å². The number of hydrogen-bond acceptors (Lipinski definition) is 2. The van der Waals surface area contributed by atoms with Gasteiger partial charge < -0.3 is 9.64 Å². The highest BCUT2D eigenvalue weighted by Crippen LogP contribution is 2.18. The highest BCUT2D eigenvalue weighted by atomic mass is 16.5. The minimum atomic E-state index is -0.194. The van der Waals surface area contributed by atoms with E-state index in [0.717, 1.165) is 6.42 Å². The first-order chi connectivity index (χ1) is 4.66. The lowest BCUT2D eigenvalue weighted by Crippen LogP contribution is -2.29. The minimum Gasteiger partial charge on any atom is -0.372 e. The second kappa shape index (κ2) is 2.58. The lowest BCUT2D eigenvalue weighted by molar-refractivity contribution is -0.135. The highest BCUT2D eigenvalue weighted by Gasteiger charge is 2.34. The molecular weight excluding hydrogens is 130 g/mol. The van der Waals surface area contributed by atoms with Crippen LogP contribution in [0.2, 0.25) is 0 Å². The second-order valence-electron chi connectivity index (χ2n) is 2.76. The number of carbonyl (C=O) groups excluding carboxylic acids is 1. The van der Waals surface area contributed by atoms with Crippen molar-refractivity contribution in [2.45, 2.75) is 25.5 Å². The van der Waals surface area contributed by atoms with Gasteiger partial charge in [-0.1, -0.05) is 0 Å². The number of methoxy groups -OCH3 is 1. The van der Waals surface area contributed by atoms with Crippen LogP contribution in [0.25, 0.3) is 0 Å². The molecule has 0 spiro atoms. The average Bonchev–Trinajstić information content (AvgIpc) is 2.17. The molecule has 2 unspecified atom stereocenters. The van der Waals surface area contributed by atoms with Gasteiger partial charge in [-0.05, 0) is 6.92 Å². The molecule has 3 heteroatoms. The molecule has 1 aliphatic rings. The van der Waals surface area contributed by atoms with E-state index in [1.165, 1.54) is 0 Å². The Hall–Kier alpha value is -0.570. The molecule has 0 N–H and O–H groups in total. The molecule has 1 heterocycles. The van der Waals surface area contributed by atoms with Crippen LogP contribution < -0.4 is 0 Å². The summed E-state index contributed by atoms with van der Waals surface area (Å²) in [7, 11) is 3.39. The first kappa shape index (κ1) is 7.54. The predicted octanol–water partition coefficient (Wildman–Crippen LogP) is 0.252. The lowest BCUT2D eigenvalue weighted by atomic mass is 10.2. The van der Waals surface area contributed by atoms with Crippen LogP contribution in [0.15, 0.2) is 0 Å². The zero-order valence-electron chi connectivity index (χ0n) is 6.63. The van der Waals surface area contributed by atoms with E-state index in [0.29, 0.717) is 6.04 Å². The molecule has 0 aromatic rings. The smallest absolute Gasteiger partial charge is 0.251 e. The molecule has 1 fully saturated rings. The maximum absolute atomic E-state index is 11.1. The van der Waals surface area contributed by atoms with Gasteiger partial charge in [0, 0.05) is 26.6 Å². The van der Waals surface area contributed by atoms with Crippen LogP contribution in [0.3, 0.4) is 0 Å². The summed E-state index contributed by atoms with van der Waals surface area (Å²) in [5.41, 5.74) is 0. The molecule has 0 bridgehead atoms. The number of likely N-dealkylation sites (N-methyl/N-ethyl adjacent to an activating group) is 1. The van der Waals surface area contributed by atoms with Crippen LogP contribution in [-0.4, -0.2) is 37.1 Å². The Bertz CT molecular complexity index is 147. The van der Waals surface area contributed by atoms with E-state index in [1.807, 2.05) is 14.0 Å². The third kappa shape index (κ3) is 1.01. The van der Waals surface area contributed by atoms with E-state index in [2.05, 4.69) is 0 Å². The van der Waals surface area contributed by atoms with Gasteiger partial charge in [0.1, 0.15) is 6.10 Å². The summed E-state index contributed by atoms with van der Waals surface area (Å²) >= 11 is 0. The molecular formula is C7H13NO2. The fourth-order valence-electron chi connectivity index (χ4n) is 1.21. The van der Waals surface area contributed by atoms with Crippen molar-refractivity contribution < 1.29 is 9.53 Å². The molecule has 0 aromatic heterocycles. The van der Waals surface area contributed by atoms with E-state index in [-0.39, 0.29) is 12.0 Å². The van der Waals surface area contributed by atoms with E-state index in [1.54, 1.807) is 12.0 Å². The van der Waals surface area contributed by atoms with Gasteiger partial charge in [0.05, 0.1) is 0 Å². The van der Waals surface area contributed by atoms with E-state index in [9.17, 15) is 4.79 Å². The number of likely N-dealkylation sites (tertiary alicyclic amines) is 1. The number of carbonyl (C=O) groups is 1. The normalized spacial score (nSPS) is 33.5. The summed E-state index contributed by atoms with van der Waals surface area (Å²) < 4.78 is 4.97. The molecule has 0 aromatic carbocycles. The first-order valence-electron chi connectivity index (χ1n) is 3.46. The van der Waals surface area contributed by atoms with Crippen molar-refractivity contribution in [3.8, 4) is 0 Å². The number of hydrogen-bond donors (Lipinski definition) is 0. The minimum absolute atomic E-state index is 0.106. The molecule has 0 aliphatic carbocycles. The van der Waals surface area contributed by atoms with Crippen LogP contribution in [-0.2, 0) is 9.53 Å². The molecule has 3 nitrogen and oxygen atoms in total. The Labute approximate surface area is 61.0 Å². The monoisotopic (exact) mass is 143 g/mol. The Morgan fingerprint density at radius 2 is 2.30 bits per heavy atom. The van der Waals surface area contributed by atoms with Crippen molar-refractivity contribution in [1.29, 1.82) is 0 Å². The Balaban J connectivity index is 2.62. The number of ether oxygens (including phenoxy) is 1. The van der Waals surface area contributed by atoms with Gasteiger partial charge in [-0.3, -0.25) is 4.79 Å². The molecule has 0 saturated carbocycles. The Kier molecular flexibility index (Phi) is 1.94. The molecule has 0 radical (unpaired) electrons. The van der Waals surface area contributed by atoms with Crippen molar-refractivity contribution in [2.75, 3.05) is 14.2 Å². The molecule has 58 valence electrons. The van der Waals surface area contributed by atoms with Crippen LogP contribution in [0.4, 0.5) is 0 Å². The molecule has 1 rings (SSSR count). The van der Waals surface area contributed by atoms with Gasteiger partial charge in [0.2, 0.25) is 0 Å². The summed E-state index contributed by atoms with van der Waals surface area (Å²) in [5, 5.41) is 0. The first-order valence-corrected chi connectivity index (χ1v) is 3.46. The summed E-state index contributed by atoms with van der Waals surface area (Å²) in [6.07, 6.45) is 0.631. The highest BCUT2D eigenvalue weighted by molar-refractivity contribution is 5.83. The van der Waals surface area contributed by atoms with E-state index >= 15 is 0 Å². The third-order valence-electron chi connectivity index (χ3n) is 2.12. The van der Waals surface area contributed by atoms with Crippen molar-refractivity contribution in [1.82, 2.24) is 4.90 Å². The van der Waals surface area contributed by atoms with Crippen molar-refractivity contribution in [3.63, 3.8) is 0 Å². The maximum Gasteiger partial charge on any atom is 0.251 e. The SMILES string of the molecule is COC1CC(C)N(C)C1=O. The molecule has 2 atom stereocenters. The molecule has 10 heavy (non-hydrogen) atoms. The zero-order chi connectivity index (χ0) is 7.72. The zero-order valence-corrected chi connectivity index (χ0v) is 6.63. The number of amides is 1. The topological polar surface area (TPSA) is 29.5 Å². The van der Waals surface area contributed by atoms with Crippen LogP contribution >= 0.6 is 0 Å². The second-order valence-corrected chi connectivity index (χ2v) is 2.76. The van der Waals surface area contributed by atoms with Gasteiger partial charge in [-0.25, -0.2) is 0 Å². The third-order valence-corrected chi connectivity index (χ3v) is 2.12. The van der Waals surface area contributed by atoms with Gasteiger partial charge >= 0.3 is 0 Å². The van der Waals surface area contributed by atoms with Crippen molar-refractivity contribution in [2.24, 2.45) is 0 Å². The summed E-state index contributed by atoms with van der Waals surface area (Å²) in [6.45, 7) is 2.02. The van der Waals surface area contributed by atoms with Crippen LogP contribution in [0.1, 0.15) is 13.3 Å². The molecule has 1 aliphatic heterocycles. The van der Waals surface area contributed by atoms with E-state index in [4.69, 9.17) is 4.74 Å². The van der Waals surface area contributed by atoms with Gasteiger partial charge in [0.15, 0.2) is 0 Å². The standard InChI is InChI=1S/C7H13NO2/c1-5-4-6(10-3)7(9)8(5)2/h5-6H,4H2,1-3H3. The largest absolute Gasteiger partial charge is 0.372 e. The molecule has 1 amide bonds. The summed E-state index contributed by atoms with van der Waals surface area (Å²) in [6, 6.07) is 0.331. The predicted molar refractivity (Wildman–Crippen MR) is 37.6 cm³/mol. The van der Waals surface area contributed by atoms with Crippen molar-refractivity contribution in [3.05, 3.63) is 0 Å². The Morgan fingerprint density at radius 1 is 1.70 bits per heavy atom. The molecule has 1 saturated heterocycles. The fraction of sp³-hybridized carbons (Fsp3) is 0.857. The van der Waals surface area contributed by atoms with Gasteiger partial charge in [-0.2, -0.15) is 0 Å². The Morgan fingerprint density at radius 3 is 2.50 bits per heavy atom. The lowest BCUT2D eigenvalue weighted by Gasteiger charge is -2.13. The number of nitrogens with zero attached hydrogens (tertiary/aromatic N) is 1. The van der Waals surface area contributed by atoms with Crippen LogP contribution in [0, 0.1) is 0 Å². The van der Waals surface area contributed by atoms with Crippen LogP contribution in [0.5, 0.6) is 0 Å². The van der Waals surface area contributed by atoms with Gasteiger partial charge in [0.25, 0.3) is 5.91 Å². The maximum atomic E-state index is 11.1. The quantitative estimate of drug-likeness (QED) is 0.526. The van der Waals surface area contributed by atoms with E-state index < -0.39 is 0 Å². The summed E-state index contributed by atoms with van der Waals surface area (Å²) in [4.78, 5) is 12.9. The average molecular weight is 143 g/mol. The number of rotatable bonds is 1. The summed E-state index contributed by atoms with van der Waals surface area (Å²) in [5.74, 6) is 0.106. The fourth-order valence-corrected chi connectivity index (χ4v) is 1.21.